The first-order chi connectivity index (χ1) is 8.87. The van der Waals surface area contributed by atoms with Crippen LogP contribution in [0.1, 0.15) is 44.9 Å². The van der Waals surface area contributed by atoms with Crippen molar-refractivity contribution in [1.29, 1.82) is 0 Å². The third-order valence-corrected chi connectivity index (χ3v) is 2.83. The summed E-state index contributed by atoms with van der Waals surface area (Å²) in [4.78, 5) is 0. The van der Waals surface area contributed by atoms with Crippen molar-refractivity contribution < 1.29 is 14.9 Å². The highest BCUT2D eigenvalue weighted by Crippen LogP contribution is 2.24. The fourth-order valence-electron chi connectivity index (χ4n) is 1.81. The average molecular weight is 304 g/mol. The largest absolute Gasteiger partial charge is 0.508 e. The Labute approximate surface area is 127 Å². The quantitative estimate of drug-likeness (QED) is 0.756. The van der Waals surface area contributed by atoms with Crippen LogP contribution in [-0.2, 0) is 11.3 Å². The molecule has 0 bridgehead atoms. The van der Waals surface area contributed by atoms with E-state index >= 15 is 0 Å². The third-order valence-electron chi connectivity index (χ3n) is 2.83. The predicted octanol–water partition coefficient (Wildman–Crippen LogP) is 2.77. The Balaban J connectivity index is 0.00000361. The van der Waals surface area contributed by atoms with Crippen LogP contribution in [0.15, 0.2) is 18.2 Å². The SMILES string of the molecule is CCOC(CNC(C)(C)C)c1ccc(O)c(CO)c1.Cl. The van der Waals surface area contributed by atoms with E-state index in [0.29, 0.717) is 18.7 Å². The number of aromatic hydroxyl groups is 1. The van der Waals surface area contributed by atoms with E-state index in [4.69, 9.17) is 4.74 Å². The van der Waals surface area contributed by atoms with Gasteiger partial charge < -0.3 is 20.3 Å². The molecule has 0 aliphatic carbocycles. The Morgan fingerprint density at radius 1 is 1.30 bits per heavy atom. The second-order valence-corrected chi connectivity index (χ2v) is 5.62. The first kappa shape index (κ1) is 19.2. The molecule has 0 aliphatic heterocycles. The van der Waals surface area contributed by atoms with Crippen LogP contribution >= 0.6 is 12.4 Å². The van der Waals surface area contributed by atoms with E-state index in [1.54, 1.807) is 12.1 Å². The minimum absolute atomic E-state index is 0. The standard InChI is InChI=1S/C15H25NO3.ClH/c1-5-19-14(9-16-15(2,3)4)11-6-7-13(18)12(8-11)10-17;/h6-8,14,16-18H,5,9-10H2,1-4H3;1H. The van der Waals surface area contributed by atoms with E-state index in [1.807, 2.05) is 13.0 Å². The average Bonchev–Trinajstić information content (AvgIpc) is 2.34. The lowest BCUT2D eigenvalue weighted by Crippen LogP contribution is -2.39. The Bertz CT molecular complexity index is 405. The number of hydrogen-bond acceptors (Lipinski definition) is 4. The van der Waals surface area contributed by atoms with E-state index in [0.717, 1.165) is 5.56 Å². The number of phenols is 1. The van der Waals surface area contributed by atoms with Crippen LogP contribution in [0.3, 0.4) is 0 Å². The molecular weight excluding hydrogens is 278 g/mol. The zero-order chi connectivity index (χ0) is 14.5. The van der Waals surface area contributed by atoms with Gasteiger partial charge >= 0.3 is 0 Å². The number of rotatable bonds is 6. The molecule has 1 unspecified atom stereocenters. The molecule has 1 aromatic carbocycles. The molecule has 0 aromatic heterocycles. The first-order valence-corrected chi connectivity index (χ1v) is 6.66. The van der Waals surface area contributed by atoms with Crippen molar-refractivity contribution in [3.8, 4) is 5.75 Å². The molecule has 0 heterocycles. The van der Waals surface area contributed by atoms with E-state index in [1.165, 1.54) is 0 Å². The minimum atomic E-state index is -0.175. The molecule has 3 N–H and O–H groups in total. The van der Waals surface area contributed by atoms with Gasteiger partial charge in [0, 0.05) is 24.3 Å². The highest BCUT2D eigenvalue weighted by Gasteiger charge is 2.17. The molecule has 1 rings (SSSR count). The number of halogens is 1. The predicted molar refractivity (Wildman–Crippen MR) is 83.4 cm³/mol. The normalized spacial score (nSPS) is 12.8. The zero-order valence-electron chi connectivity index (χ0n) is 12.6. The number of nitrogens with one attached hydrogen (secondary N) is 1. The van der Waals surface area contributed by atoms with Crippen LogP contribution in [0, 0.1) is 0 Å². The topological polar surface area (TPSA) is 61.7 Å². The summed E-state index contributed by atoms with van der Waals surface area (Å²) in [5.41, 5.74) is 1.50. The molecule has 116 valence electrons. The molecule has 4 nitrogen and oxygen atoms in total. The molecular formula is C15H26ClNO3. The fourth-order valence-corrected chi connectivity index (χ4v) is 1.81. The molecule has 0 radical (unpaired) electrons. The van der Waals surface area contributed by atoms with Crippen molar-refractivity contribution in [2.45, 2.75) is 45.9 Å². The highest BCUT2D eigenvalue weighted by atomic mass is 35.5. The smallest absolute Gasteiger partial charge is 0.121 e. The maximum Gasteiger partial charge on any atom is 0.121 e. The molecule has 0 aliphatic rings. The van der Waals surface area contributed by atoms with Gasteiger partial charge in [0.1, 0.15) is 5.75 Å². The number of benzene rings is 1. The molecule has 1 aromatic rings. The first-order valence-electron chi connectivity index (χ1n) is 6.66. The summed E-state index contributed by atoms with van der Waals surface area (Å²) >= 11 is 0. The van der Waals surface area contributed by atoms with Gasteiger partial charge in [-0.2, -0.15) is 0 Å². The molecule has 0 saturated heterocycles. The fraction of sp³-hybridized carbons (Fsp3) is 0.600. The van der Waals surface area contributed by atoms with E-state index < -0.39 is 0 Å². The molecule has 20 heavy (non-hydrogen) atoms. The lowest BCUT2D eigenvalue weighted by molar-refractivity contribution is 0.0575. The Hall–Kier alpha value is -0.810. The van der Waals surface area contributed by atoms with Crippen molar-refractivity contribution in [3.05, 3.63) is 29.3 Å². The van der Waals surface area contributed by atoms with Gasteiger partial charge in [-0.15, -0.1) is 12.4 Å². The number of aliphatic hydroxyl groups excluding tert-OH is 1. The molecule has 0 saturated carbocycles. The lowest BCUT2D eigenvalue weighted by Gasteiger charge is -2.26. The molecule has 1 atom stereocenters. The van der Waals surface area contributed by atoms with Gasteiger partial charge in [-0.1, -0.05) is 6.07 Å². The Morgan fingerprint density at radius 3 is 2.45 bits per heavy atom. The summed E-state index contributed by atoms with van der Waals surface area (Å²) < 4.78 is 5.74. The van der Waals surface area contributed by atoms with Gasteiger partial charge in [0.05, 0.1) is 12.7 Å². The van der Waals surface area contributed by atoms with Crippen LogP contribution in [-0.4, -0.2) is 28.9 Å². The minimum Gasteiger partial charge on any atom is -0.508 e. The molecule has 0 spiro atoms. The van der Waals surface area contributed by atoms with E-state index in [9.17, 15) is 10.2 Å². The van der Waals surface area contributed by atoms with Crippen molar-refractivity contribution in [2.24, 2.45) is 0 Å². The van der Waals surface area contributed by atoms with Gasteiger partial charge in [0.25, 0.3) is 0 Å². The van der Waals surface area contributed by atoms with E-state index in [-0.39, 0.29) is 36.4 Å². The number of hydrogen-bond donors (Lipinski definition) is 3. The lowest BCUT2D eigenvalue weighted by atomic mass is 10.0. The Kier molecular flexibility index (Phi) is 8.13. The van der Waals surface area contributed by atoms with Gasteiger partial charge in [-0.25, -0.2) is 0 Å². The monoisotopic (exact) mass is 303 g/mol. The Morgan fingerprint density at radius 2 is 1.95 bits per heavy atom. The van der Waals surface area contributed by atoms with Crippen molar-refractivity contribution in [1.82, 2.24) is 5.32 Å². The molecule has 0 amide bonds. The van der Waals surface area contributed by atoms with Gasteiger partial charge in [0.2, 0.25) is 0 Å². The summed E-state index contributed by atoms with van der Waals surface area (Å²) in [6.45, 7) is 9.39. The van der Waals surface area contributed by atoms with Crippen molar-refractivity contribution >= 4 is 12.4 Å². The molecule has 0 fully saturated rings. The summed E-state index contributed by atoms with van der Waals surface area (Å²) in [7, 11) is 0. The third kappa shape index (κ3) is 6.09. The summed E-state index contributed by atoms with van der Waals surface area (Å²) in [6, 6.07) is 5.23. The highest BCUT2D eigenvalue weighted by molar-refractivity contribution is 5.85. The second-order valence-electron chi connectivity index (χ2n) is 5.62. The summed E-state index contributed by atoms with van der Waals surface area (Å²) in [5.74, 6) is 0.116. The maximum absolute atomic E-state index is 9.59. The van der Waals surface area contributed by atoms with Crippen LogP contribution in [0.4, 0.5) is 0 Å². The van der Waals surface area contributed by atoms with Gasteiger partial charge in [-0.3, -0.25) is 0 Å². The second kappa shape index (κ2) is 8.47. The summed E-state index contributed by atoms with van der Waals surface area (Å²) in [6.07, 6.45) is -0.0878. The van der Waals surface area contributed by atoms with Crippen molar-refractivity contribution in [2.75, 3.05) is 13.2 Å². The van der Waals surface area contributed by atoms with Crippen LogP contribution < -0.4 is 5.32 Å². The zero-order valence-corrected chi connectivity index (χ0v) is 13.5. The molecule has 5 heteroatoms. The number of ether oxygens (including phenoxy) is 1. The van der Waals surface area contributed by atoms with Gasteiger partial charge in [-0.05, 0) is 45.4 Å². The summed E-state index contributed by atoms with van der Waals surface area (Å²) in [5, 5.41) is 22.2. The maximum atomic E-state index is 9.59. The van der Waals surface area contributed by atoms with E-state index in [2.05, 4.69) is 26.1 Å². The van der Waals surface area contributed by atoms with Crippen LogP contribution in [0.25, 0.3) is 0 Å². The van der Waals surface area contributed by atoms with Crippen molar-refractivity contribution in [3.63, 3.8) is 0 Å². The number of aliphatic hydroxyl groups is 1. The van der Waals surface area contributed by atoms with Gasteiger partial charge in [0.15, 0.2) is 0 Å². The van der Waals surface area contributed by atoms with Crippen LogP contribution in [0.2, 0.25) is 0 Å². The van der Waals surface area contributed by atoms with Crippen LogP contribution in [0.5, 0.6) is 5.75 Å².